The number of carbonyl (C=O) groups is 2. The SMILES string of the molecule is NC(=O)c1ccc(NC(=O)CC23CC4CC(CC(C4)C2)C3)cc1. The number of amides is 2. The Kier molecular flexibility index (Phi) is 3.43. The minimum atomic E-state index is -0.448. The number of carbonyl (C=O) groups excluding carboxylic acids is 2. The van der Waals surface area contributed by atoms with Crippen LogP contribution in [0.15, 0.2) is 24.3 Å². The van der Waals surface area contributed by atoms with Crippen molar-refractivity contribution in [2.75, 3.05) is 5.32 Å². The molecule has 0 spiro atoms. The molecule has 23 heavy (non-hydrogen) atoms. The number of hydrogen-bond donors (Lipinski definition) is 2. The van der Waals surface area contributed by atoms with Gasteiger partial charge in [-0.15, -0.1) is 0 Å². The lowest BCUT2D eigenvalue weighted by Crippen LogP contribution is -2.47. The van der Waals surface area contributed by atoms with Crippen LogP contribution in [0.5, 0.6) is 0 Å². The van der Waals surface area contributed by atoms with Crippen molar-refractivity contribution in [3.05, 3.63) is 29.8 Å². The molecule has 0 aromatic heterocycles. The van der Waals surface area contributed by atoms with E-state index in [9.17, 15) is 9.59 Å². The Labute approximate surface area is 136 Å². The van der Waals surface area contributed by atoms with E-state index in [1.807, 2.05) is 0 Å². The van der Waals surface area contributed by atoms with Crippen LogP contribution < -0.4 is 11.1 Å². The molecule has 0 heterocycles. The van der Waals surface area contributed by atoms with E-state index in [0.29, 0.717) is 12.0 Å². The summed E-state index contributed by atoms with van der Waals surface area (Å²) >= 11 is 0. The molecule has 0 saturated heterocycles. The predicted octanol–water partition coefficient (Wildman–Crippen LogP) is 3.33. The van der Waals surface area contributed by atoms with Crippen LogP contribution in [0.1, 0.15) is 55.3 Å². The quantitative estimate of drug-likeness (QED) is 0.895. The van der Waals surface area contributed by atoms with Gasteiger partial charge in [-0.1, -0.05) is 0 Å². The maximum absolute atomic E-state index is 12.5. The van der Waals surface area contributed by atoms with Crippen molar-refractivity contribution >= 4 is 17.5 Å². The summed E-state index contributed by atoms with van der Waals surface area (Å²) in [5, 5.41) is 2.99. The molecule has 1 aromatic carbocycles. The molecule has 4 bridgehead atoms. The molecule has 122 valence electrons. The number of primary amides is 1. The second kappa shape index (κ2) is 5.36. The Morgan fingerprint density at radius 1 is 1.00 bits per heavy atom. The molecular formula is C19H24N2O2. The number of anilines is 1. The lowest BCUT2D eigenvalue weighted by molar-refractivity contribution is -0.124. The van der Waals surface area contributed by atoms with Crippen molar-refractivity contribution < 1.29 is 9.59 Å². The smallest absolute Gasteiger partial charge is 0.248 e. The highest BCUT2D eigenvalue weighted by Gasteiger charge is 2.51. The number of nitrogens with two attached hydrogens (primary N) is 1. The average molecular weight is 312 g/mol. The lowest BCUT2D eigenvalue weighted by Gasteiger charge is -2.56. The summed E-state index contributed by atoms with van der Waals surface area (Å²) in [6, 6.07) is 6.81. The number of rotatable bonds is 4. The molecule has 1 aromatic rings. The summed E-state index contributed by atoms with van der Waals surface area (Å²) in [5.74, 6) is 2.26. The maximum atomic E-state index is 12.5. The van der Waals surface area contributed by atoms with Crippen LogP contribution in [-0.2, 0) is 4.79 Å². The van der Waals surface area contributed by atoms with Gasteiger partial charge in [0.2, 0.25) is 11.8 Å². The Bertz CT molecular complexity index is 600. The molecule has 0 aliphatic heterocycles. The molecule has 0 radical (unpaired) electrons. The van der Waals surface area contributed by atoms with E-state index in [2.05, 4.69) is 5.32 Å². The summed E-state index contributed by atoms with van der Waals surface area (Å²) in [4.78, 5) is 23.6. The second-order valence-corrected chi connectivity index (χ2v) is 8.08. The van der Waals surface area contributed by atoms with Crippen LogP contribution >= 0.6 is 0 Å². The van der Waals surface area contributed by atoms with Gasteiger partial charge in [0.1, 0.15) is 0 Å². The molecule has 4 nitrogen and oxygen atoms in total. The maximum Gasteiger partial charge on any atom is 0.248 e. The van der Waals surface area contributed by atoms with Gasteiger partial charge in [0.15, 0.2) is 0 Å². The highest BCUT2D eigenvalue weighted by atomic mass is 16.2. The van der Waals surface area contributed by atoms with Crippen LogP contribution in [0, 0.1) is 23.2 Å². The third-order valence-corrected chi connectivity index (χ3v) is 6.15. The molecule has 2 amide bonds. The minimum Gasteiger partial charge on any atom is -0.366 e. The van der Waals surface area contributed by atoms with E-state index < -0.39 is 5.91 Å². The number of hydrogen-bond acceptors (Lipinski definition) is 2. The summed E-state index contributed by atoms with van der Waals surface area (Å²) in [6.45, 7) is 0. The van der Waals surface area contributed by atoms with Crippen LogP contribution in [0.4, 0.5) is 5.69 Å². The molecule has 4 aliphatic carbocycles. The zero-order valence-corrected chi connectivity index (χ0v) is 13.4. The van der Waals surface area contributed by atoms with Crippen molar-refractivity contribution in [3.8, 4) is 0 Å². The standard InChI is InChI=1S/C19H24N2O2/c20-18(23)15-1-3-16(4-2-15)21-17(22)11-19-8-12-5-13(9-19)7-14(6-12)10-19/h1-4,12-14H,5-11H2,(H2,20,23)(H,21,22). The van der Waals surface area contributed by atoms with E-state index in [1.165, 1.54) is 38.5 Å². The molecular weight excluding hydrogens is 288 g/mol. The fraction of sp³-hybridized carbons (Fsp3) is 0.579. The van der Waals surface area contributed by atoms with Gasteiger partial charge in [0, 0.05) is 17.7 Å². The third kappa shape index (κ3) is 2.87. The number of benzene rings is 1. The topological polar surface area (TPSA) is 72.2 Å². The van der Waals surface area contributed by atoms with Gasteiger partial charge in [0.25, 0.3) is 0 Å². The lowest BCUT2D eigenvalue weighted by atomic mass is 9.49. The second-order valence-electron chi connectivity index (χ2n) is 8.08. The highest BCUT2D eigenvalue weighted by molar-refractivity contribution is 5.94. The van der Waals surface area contributed by atoms with Crippen molar-refractivity contribution in [1.29, 1.82) is 0 Å². The molecule has 0 atom stereocenters. The molecule has 4 aliphatic rings. The van der Waals surface area contributed by atoms with Gasteiger partial charge >= 0.3 is 0 Å². The zero-order valence-electron chi connectivity index (χ0n) is 13.4. The fourth-order valence-electron chi connectivity index (χ4n) is 5.77. The van der Waals surface area contributed by atoms with Crippen molar-refractivity contribution in [1.82, 2.24) is 0 Å². The first-order valence-electron chi connectivity index (χ1n) is 8.71. The molecule has 5 rings (SSSR count). The monoisotopic (exact) mass is 312 g/mol. The molecule has 4 heteroatoms. The van der Waals surface area contributed by atoms with Gasteiger partial charge in [0.05, 0.1) is 0 Å². The molecule has 3 N–H and O–H groups in total. The Morgan fingerprint density at radius 3 is 2.00 bits per heavy atom. The van der Waals surface area contributed by atoms with Crippen LogP contribution in [0.25, 0.3) is 0 Å². The summed E-state index contributed by atoms with van der Waals surface area (Å²) in [5.41, 5.74) is 6.69. The highest BCUT2D eigenvalue weighted by Crippen LogP contribution is 2.61. The molecule has 4 fully saturated rings. The van der Waals surface area contributed by atoms with E-state index in [1.54, 1.807) is 24.3 Å². The third-order valence-electron chi connectivity index (χ3n) is 6.15. The summed E-state index contributed by atoms with van der Waals surface area (Å²) < 4.78 is 0. The largest absolute Gasteiger partial charge is 0.366 e. The van der Waals surface area contributed by atoms with Gasteiger partial charge in [-0.05, 0) is 86.0 Å². The normalized spacial score (nSPS) is 34.3. The van der Waals surface area contributed by atoms with Crippen molar-refractivity contribution in [2.24, 2.45) is 28.9 Å². The summed E-state index contributed by atoms with van der Waals surface area (Å²) in [7, 11) is 0. The minimum absolute atomic E-state index is 0.110. The van der Waals surface area contributed by atoms with E-state index >= 15 is 0 Å². The Hall–Kier alpha value is -1.84. The first kappa shape index (κ1) is 14.7. The first-order chi connectivity index (χ1) is 11.0. The zero-order chi connectivity index (χ0) is 16.0. The van der Waals surface area contributed by atoms with E-state index in [-0.39, 0.29) is 11.3 Å². The van der Waals surface area contributed by atoms with Gasteiger partial charge < -0.3 is 11.1 Å². The molecule has 4 saturated carbocycles. The average Bonchev–Trinajstić information content (AvgIpc) is 2.45. The van der Waals surface area contributed by atoms with Crippen LogP contribution in [0.3, 0.4) is 0 Å². The van der Waals surface area contributed by atoms with Crippen LogP contribution in [0.2, 0.25) is 0 Å². The number of nitrogens with one attached hydrogen (secondary N) is 1. The van der Waals surface area contributed by atoms with Crippen molar-refractivity contribution in [3.63, 3.8) is 0 Å². The fourth-order valence-corrected chi connectivity index (χ4v) is 5.77. The summed E-state index contributed by atoms with van der Waals surface area (Å²) in [6.07, 6.45) is 8.57. The van der Waals surface area contributed by atoms with Gasteiger partial charge in [-0.2, -0.15) is 0 Å². The first-order valence-corrected chi connectivity index (χ1v) is 8.71. The van der Waals surface area contributed by atoms with Gasteiger partial charge in [-0.3, -0.25) is 9.59 Å². The molecule has 0 unspecified atom stereocenters. The van der Waals surface area contributed by atoms with Gasteiger partial charge in [-0.25, -0.2) is 0 Å². The van der Waals surface area contributed by atoms with E-state index in [4.69, 9.17) is 5.73 Å². The van der Waals surface area contributed by atoms with Crippen LogP contribution in [-0.4, -0.2) is 11.8 Å². The van der Waals surface area contributed by atoms with E-state index in [0.717, 1.165) is 23.4 Å². The Morgan fingerprint density at radius 2 is 1.52 bits per heavy atom. The predicted molar refractivity (Wildman–Crippen MR) is 88.8 cm³/mol. The van der Waals surface area contributed by atoms with Crippen molar-refractivity contribution in [2.45, 2.75) is 44.9 Å². The Balaban J connectivity index is 1.41.